The van der Waals surface area contributed by atoms with Crippen molar-refractivity contribution in [2.75, 3.05) is 5.32 Å². The predicted octanol–water partition coefficient (Wildman–Crippen LogP) is 3.09. The third-order valence-corrected chi connectivity index (χ3v) is 4.38. The Labute approximate surface area is 152 Å². The molecule has 3 rings (SSSR count). The first-order valence-electron chi connectivity index (χ1n) is 8.77. The number of aromatic nitrogens is 1. The van der Waals surface area contributed by atoms with Crippen molar-refractivity contribution in [2.45, 2.75) is 39.0 Å². The normalized spacial score (nSPS) is 13.7. The number of carbonyl (C=O) groups is 2. The number of anilines is 1. The van der Waals surface area contributed by atoms with Gasteiger partial charge in [-0.05, 0) is 61.9 Å². The van der Waals surface area contributed by atoms with E-state index in [-0.39, 0.29) is 18.2 Å². The van der Waals surface area contributed by atoms with Crippen LogP contribution in [0.2, 0.25) is 0 Å². The molecule has 0 unspecified atom stereocenters. The van der Waals surface area contributed by atoms with E-state index in [4.69, 9.17) is 0 Å². The number of pyridine rings is 1. The summed E-state index contributed by atoms with van der Waals surface area (Å²) in [6, 6.07) is 9.26. The van der Waals surface area contributed by atoms with E-state index >= 15 is 0 Å². The van der Waals surface area contributed by atoms with Crippen molar-refractivity contribution in [2.24, 2.45) is 5.10 Å². The Bertz CT molecular complexity index is 831. The summed E-state index contributed by atoms with van der Waals surface area (Å²) in [5.41, 5.74) is 6.92. The van der Waals surface area contributed by atoms with E-state index in [9.17, 15) is 9.59 Å². The van der Waals surface area contributed by atoms with Gasteiger partial charge < -0.3 is 5.32 Å². The number of hydrazone groups is 1. The van der Waals surface area contributed by atoms with Crippen LogP contribution in [0.4, 0.5) is 5.69 Å². The van der Waals surface area contributed by atoms with Crippen LogP contribution in [0.5, 0.6) is 0 Å². The molecule has 0 spiro atoms. The molecular weight excluding hydrogens is 328 g/mol. The quantitative estimate of drug-likeness (QED) is 0.642. The zero-order valence-electron chi connectivity index (χ0n) is 14.8. The van der Waals surface area contributed by atoms with Crippen molar-refractivity contribution >= 4 is 23.2 Å². The predicted molar refractivity (Wildman–Crippen MR) is 101 cm³/mol. The van der Waals surface area contributed by atoms with Gasteiger partial charge in [0.15, 0.2) is 0 Å². The number of benzene rings is 1. The molecule has 0 aliphatic heterocycles. The maximum atomic E-state index is 12.3. The van der Waals surface area contributed by atoms with Crippen molar-refractivity contribution in [3.8, 4) is 0 Å². The summed E-state index contributed by atoms with van der Waals surface area (Å²) in [7, 11) is 0. The highest BCUT2D eigenvalue weighted by Gasteiger charge is 2.15. The van der Waals surface area contributed by atoms with Crippen LogP contribution in [0.15, 0.2) is 47.8 Å². The number of aryl methyl sites for hydroxylation is 1. The van der Waals surface area contributed by atoms with E-state index in [1.54, 1.807) is 31.5 Å². The van der Waals surface area contributed by atoms with E-state index in [1.165, 1.54) is 17.5 Å². The Morgan fingerprint density at radius 3 is 2.69 bits per heavy atom. The number of nitrogens with zero attached hydrogens (tertiary/aromatic N) is 2. The van der Waals surface area contributed by atoms with Gasteiger partial charge in [-0.1, -0.05) is 12.1 Å². The summed E-state index contributed by atoms with van der Waals surface area (Å²) in [5.74, 6) is -0.465. The van der Waals surface area contributed by atoms with Gasteiger partial charge >= 0.3 is 0 Å². The molecule has 2 aromatic rings. The second-order valence-electron chi connectivity index (χ2n) is 6.40. The first-order chi connectivity index (χ1) is 12.6. The van der Waals surface area contributed by atoms with Crippen molar-refractivity contribution in [1.29, 1.82) is 0 Å². The lowest BCUT2D eigenvalue weighted by Crippen LogP contribution is -2.22. The second kappa shape index (κ2) is 8.38. The molecule has 0 saturated carbocycles. The Balaban J connectivity index is 1.57. The number of carbonyl (C=O) groups excluding carboxylic acids is 2. The summed E-state index contributed by atoms with van der Waals surface area (Å²) in [6.45, 7) is 1.72. The van der Waals surface area contributed by atoms with Gasteiger partial charge in [-0.15, -0.1) is 0 Å². The maximum absolute atomic E-state index is 12.3. The molecular formula is C20H22N4O2. The van der Waals surface area contributed by atoms with Crippen LogP contribution < -0.4 is 10.7 Å². The molecule has 1 heterocycles. The lowest BCUT2D eigenvalue weighted by Gasteiger charge is -2.19. The highest BCUT2D eigenvalue weighted by molar-refractivity contribution is 6.06. The van der Waals surface area contributed by atoms with Crippen LogP contribution >= 0.6 is 0 Å². The Kier molecular flexibility index (Phi) is 5.73. The molecule has 0 bridgehead atoms. The fourth-order valence-corrected chi connectivity index (χ4v) is 3.08. The molecule has 26 heavy (non-hydrogen) atoms. The summed E-state index contributed by atoms with van der Waals surface area (Å²) < 4.78 is 0. The monoisotopic (exact) mass is 350 g/mol. The van der Waals surface area contributed by atoms with Gasteiger partial charge in [-0.2, -0.15) is 5.10 Å². The molecule has 1 aliphatic carbocycles. The Hall–Kier alpha value is -3.02. The molecule has 134 valence electrons. The highest BCUT2D eigenvalue weighted by Crippen LogP contribution is 2.27. The van der Waals surface area contributed by atoms with Crippen LogP contribution in [0, 0.1) is 0 Å². The summed E-state index contributed by atoms with van der Waals surface area (Å²) in [4.78, 5) is 28.1. The van der Waals surface area contributed by atoms with Gasteiger partial charge in [0.2, 0.25) is 5.91 Å². The molecule has 6 nitrogen and oxygen atoms in total. The van der Waals surface area contributed by atoms with Crippen molar-refractivity contribution in [3.63, 3.8) is 0 Å². The topological polar surface area (TPSA) is 83.5 Å². The molecule has 1 aromatic carbocycles. The molecule has 0 radical (unpaired) electrons. The lowest BCUT2D eigenvalue weighted by molar-refractivity contribution is -0.115. The van der Waals surface area contributed by atoms with Gasteiger partial charge in [-0.25, -0.2) is 5.43 Å². The minimum Gasteiger partial charge on any atom is -0.325 e. The largest absolute Gasteiger partial charge is 0.325 e. The second-order valence-corrected chi connectivity index (χ2v) is 6.40. The number of nitrogens with one attached hydrogen (secondary N) is 2. The SMILES string of the molecule is C/C(CC(=O)Nc1cccc2c1CCCC2)=N/NC(=O)c1ccncc1. The minimum absolute atomic E-state index is 0.125. The van der Waals surface area contributed by atoms with Gasteiger partial charge in [-0.3, -0.25) is 14.6 Å². The zero-order chi connectivity index (χ0) is 18.4. The maximum Gasteiger partial charge on any atom is 0.271 e. The van der Waals surface area contributed by atoms with Crippen LogP contribution in [0.3, 0.4) is 0 Å². The summed E-state index contributed by atoms with van der Waals surface area (Å²) in [5, 5.41) is 6.98. The molecule has 2 N–H and O–H groups in total. The molecule has 0 saturated heterocycles. The third-order valence-electron chi connectivity index (χ3n) is 4.38. The number of hydrogen-bond donors (Lipinski definition) is 2. The summed E-state index contributed by atoms with van der Waals surface area (Å²) in [6.07, 6.45) is 7.63. The number of fused-ring (bicyclic) bond motifs is 1. The van der Waals surface area contributed by atoms with Gasteiger partial charge in [0.05, 0.1) is 6.42 Å². The van der Waals surface area contributed by atoms with Crippen molar-refractivity contribution in [1.82, 2.24) is 10.4 Å². The van der Waals surface area contributed by atoms with Gasteiger partial charge in [0, 0.05) is 29.4 Å². The zero-order valence-corrected chi connectivity index (χ0v) is 14.8. The fraction of sp³-hybridized carbons (Fsp3) is 0.300. The molecule has 0 atom stereocenters. The Morgan fingerprint density at radius 1 is 1.12 bits per heavy atom. The molecule has 1 aromatic heterocycles. The number of hydrogen-bond acceptors (Lipinski definition) is 4. The number of amides is 2. The lowest BCUT2D eigenvalue weighted by atomic mass is 9.90. The Morgan fingerprint density at radius 2 is 1.88 bits per heavy atom. The molecule has 2 amide bonds. The molecule has 6 heteroatoms. The molecule has 1 aliphatic rings. The van der Waals surface area contributed by atoms with Crippen LogP contribution in [-0.4, -0.2) is 22.5 Å². The van der Waals surface area contributed by atoms with Crippen LogP contribution in [0.25, 0.3) is 0 Å². The summed E-state index contributed by atoms with van der Waals surface area (Å²) >= 11 is 0. The van der Waals surface area contributed by atoms with Crippen molar-refractivity contribution < 1.29 is 9.59 Å². The fourth-order valence-electron chi connectivity index (χ4n) is 3.08. The average molecular weight is 350 g/mol. The van der Waals surface area contributed by atoms with E-state index in [2.05, 4.69) is 26.9 Å². The first kappa shape index (κ1) is 17.8. The third kappa shape index (κ3) is 4.53. The van der Waals surface area contributed by atoms with E-state index in [1.807, 2.05) is 12.1 Å². The van der Waals surface area contributed by atoms with Gasteiger partial charge in [0.1, 0.15) is 0 Å². The molecule has 0 fully saturated rings. The first-order valence-corrected chi connectivity index (χ1v) is 8.77. The van der Waals surface area contributed by atoms with E-state index < -0.39 is 0 Å². The highest BCUT2D eigenvalue weighted by atomic mass is 16.2. The minimum atomic E-state index is -0.329. The smallest absolute Gasteiger partial charge is 0.271 e. The van der Waals surface area contributed by atoms with Crippen LogP contribution in [-0.2, 0) is 17.6 Å². The average Bonchev–Trinajstić information content (AvgIpc) is 2.67. The standard InChI is InChI=1S/C20H22N4O2/c1-14(23-24-20(26)16-9-11-21-12-10-16)13-19(25)22-18-8-4-6-15-5-2-3-7-17(15)18/h4,6,8-12H,2-3,5,7,13H2,1H3,(H,22,25)(H,24,26)/b23-14-. The number of rotatable bonds is 5. The van der Waals surface area contributed by atoms with Crippen LogP contribution in [0.1, 0.15) is 47.7 Å². The van der Waals surface area contributed by atoms with Gasteiger partial charge in [0.25, 0.3) is 5.91 Å². The van der Waals surface area contributed by atoms with E-state index in [0.717, 1.165) is 24.9 Å². The van der Waals surface area contributed by atoms with Crippen molar-refractivity contribution in [3.05, 3.63) is 59.4 Å². The van der Waals surface area contributed by atoms with E-state index in [0.29, 0.717) is 11.3 Å².